The van der Waals surface area contributed by atoms with Crippen molar-refractivity contribution in [1.29, 1.82) is 0 Å². The smallest absolute Gasteiger partial charge is 0.246 e. The molecule has 0 spiro atoms. The maximum atomic E-state index is 13.5. The van der Waals surface area contributed by atoms with E-state index >= 15 is 0 Å². The van der Waals surface area contributed by atoms with Crippen molar-refractivity contribution in [2.24, 2.45) is 5.84 Å². The highest BCUT2D eigenvalue weighted by Gasteiger charge is 2.26. The summed E-state index contributed by atoms with van der Waals surface area (Å²) in [4.78, 5) is 30.8. The number of carbonyl (C=O) groups excluding carboxylic acids is 2. The molecule has 0 unspecified atom stereocenters. The molecule has 4 N–H and O–H groups in total. The number of hydrogen-bond donors (Lipinski definition) is 3. The van der Waals surface area contributed by atoms with Crippen LogP contribution in [0.5, 0.6) is 0 Å². The molecule has 1 aromatic heterocycles. The Balaban J connectivity index is 2.32. The highest BCUT2D eigenvalue weighted by atomic mass is 19.1. The third kappa shape index (κ3) is 2.28. The molecule has 2 rings (SSSR count). The summed E-state index contributed by atoms with van der Waals surface area (Å²) >= 11 is 0. The molecule has 0 atom stereocenters. The SMILES string of the molecule is NNc1ncc(F)c(N2CC(=O)NC(=O)C2)n1. The normalized spacial score (nSPS) is 15.8. The molecular weight excluding hydrogens is 231 g/mol. The number of halogens is 1. The first-order chi connectivity index (χ1) is 8.10. The van der Waals surface area contributed by atoms with Crippen LogP contribution in [0.25, 0.3) is 0 Å². The number of anilines is 2. The number of rotatable bonds is 2. The number of hydrazine groups is 1. The fourth-order valence-electron chi connectivity index (χ4n) is 1.44. The summed E-state index contributed by atoms with van der Waals surface area (Å²) < 4.78 is 13.5. The van der Waals surface area contributed by atoms with Crippen LogP contribution in [0.3, 0.4) is 0 Å². The number of carbonyl (C=O) groups is 2. The van der Waals surface area contributed by atoms with Gasteiger partial charge in [-0.3, -0.25) is 20.3 Å². The topological polar surface area (TPSA) is 113 Å². The number of nitrogens with one attached hydrogen (secondary N) is 2. The summed E-state index contributed by atoms with van der Waals surface area (Å²) in [5, 5.41) is 2.10. The summed E-state index contributed by atoms with van der Waals surface area (Å²) in [5.41, 5.74) is 2.16. The molecule has 1 aliphatic rings. The first-order valence-corrected chi connectivity index (χ1v) is 4.67. The number of hydrogen-bond acceptors (Lipinski definition) is 7. The Kier molecular flexibility index (Phi) is 2.83. The lowest BCUT2D eigenvalue weighted by Gasteiger charge is -2.26. The zero-order valence-electron chi connectivity index (χ0n) is 8.61. The second-order valence-electron chi connectivity index (χ2n) is 3.34. The summed E-state index contributed by atoms with van der Waals surface area (Å²) in [6.07, 6.45) is 0.911. The van der Waals surface area contributed by atoms with Gasteiger partial charge in [0.05, 0.1) is 19.3 Å². The fourth-order valence-corrected chi connectivity index (χ4v) is 1.44. The van der Waals surface area contributed by atoms with Gasteiger partial charge in [0.1, 0.15) is 0 Å². The van der Waals surface area contributed by atoms with Gasteiger partial charge in [-0.05, 0) is 0 Å². The van der Waals surface area contributed by atoms with E-state index in [4.69, 9.17) is 5.84 Å². The van der Waals surface area contributed by atoms with Gasteiger partial charge in [-0.25, -0.2) is 15.2 Å². The zero-order valence-corrected chi connectivity index (χ0v) is 8.61. The van der Waals surface area contributed by atoms with Gasteiger partial charge >= 0.3 is 0 Å². The standard InChI is InChI=1S/C8H9FN6O2/c9-4-1-11-8(14-10)13-7(4)15-2-5(16)12-6(17)3-15/h1H,2-3,10H2,(H,11,13,14)(H,12,16,17). The second kappa shape index (κ2) is 4.29. The largest absolute Gasteiger partial charge is 0.335 e. The minimum absolute atomic E-state index is 0.000157. The van der Waals surface area contributed by atoms with Crippen molar-refractivity contribution in [3.05, 3.63) is 12.0 Å². The third-order valence-corrected chi connectivity index (χ3v) is 2.10. The Morgan fingerprint density at radius 3 is 2.65 bits per heavy atom. The average molecular weight is 240 g/mol. The Morgan fingerprint density at radius 2 is 2.06 bits per heavy atom. The Hall–Kier alpha value is -2.29. The molecule has 0 saturated carbocycles. The molecule has 0 aromatic carbocycles. The number of nitrogens with two attached hydrogens (primary N) is 1. The predicted molar refractivity (Wildman–Crippen MR) is 55.2 cm³/mol. The van der Waals surface area contributed by atoms with E-state index < -0.39 is 17.6 Å². The van der Waals surface area contributed by atoms with Crippen LogP contribution in [-0.4, -0.2) is 34.9 Å². The van der Waals surface area contributed by atoms with Gasteiger partial charge in [-0.1, -0.05) is 0 Å². The minimum atomic E-state index is -0.730. The molecule has 9 heteroatoms. The van der Waals surface area contributed by atoms with Crippen LogP contribution >= 0.6 is 0 Å². The average Bonchev–Trinajstić information content (AvgIpc) is 2.28. The third-order valence-electron chi connectivity index (χ3n) is 2.10. The maximum absolute atomic E-state index is 13.5. The summed E-state index contributed by atoms with van der Waals surface area (Å²) in [5.74, 6) is 3.19. The van der Waals surface area contributed by atoms with E-state index in [1.165, 1.54) is 4.90 Å². The van der Waals surface area contributed by atoms with Crippen molar-refractivity contribution in [1.82, 2.24) is 15.3 Å². The van der Waals surface area contributed by atoms with Crippen molar-refractivity contribution in [2.75, 3.05) is 23.4 Å². The van der Waals surface area contributed by atoms with Crippen LogP contribution in [0.15, 0.2) is 6.20 Å². The van der Waals surface area contributed by atoms with Crippen molar-refractivity contribution in [2.45, 2.75) is 0 Å². The quantitative estimate of drug-likeness (QED) is 0.323. The van der Waals surface area contributed by atoms with Crippen LogP contribution in [0.4, 0.5) is 16.2 Å². The second-order valence-corrected chi connectivity index (χ2v) is 3.34. The van der Waals surface area contributed by atoms with Crippen LogP contribution in [0, 0.1) is 5.82 Å². The van der Waals surface area contributed by atoms with Gasteiger partial charge in [0.15, 0.2) is 11.6 Å². The van der Waals surface area contributed by atoms with Gasteiger partial charge in [0.25, 0.3) is 0 Å². The van der Waals surface area contributed by atoms with E-state index in [1.807, 2.05) is 0 Å². The molecule has 90 valence electrons. The summed E-state index contributed by atoms with van der Waals surface area (Å²) in [6.45, 7) is -0.298. The highest BCUT2D eigenvalue weighted by molar-refractivity contribution is 6.02. The number of nitrogens with zero attached hydrogens (tertiary/aromatic N) is 3. The van der Waals surface area contributed by atoms with Crippen LogP contribution in [0.1, 0.15) is 0 Å². The van der Waals surface area contributed by atoms with Crippen LogP contribution in [0.2, 0.25) is 0 Å². The number of imide groups is 1. The molecule has 8 nitrogen and oxygen atoms in total. The Labute approximate surface area is 95.0 Å². The molecule has 1 aliphatic heterocycles. The van der Waals surface area contributed by atoms with Gasteiger partial charge in [-0.2, -0.15) is 4.98 Å². The number of piperazine rings is 1. The van der Waals surface area contributed by atoms with E-state index in [9.17, 15) is 14.0 Å². The predicted octanol–water partition coefficient (Wildman–Crippen LogP) is -1.64. The van der Waals surface area contributed by atoms with Gasteiger partial charge in [0, 0.05) is 0 Å². The van der Waals surface area contributed by atoms with E-state index in [0.29, 0.717) is 0 Å². The molecule has 2 heterocycles. The molecule has 1 fully saturated rings. The molecule has 0 radical (unpaired) electrons. The van der Waals surface area contributed by atoms with E-state index in [1.54, 1.807) is 0 Å². The molecule has 1 saturated heterocycles. The monoisotopic (exact) mass is 240 g/mol. The first-order valence-electron chi connectivity index (χ1n) is 4.67. The lowest BCUT2D eigenvalue weighted by atomic mass is 10.3. The molecular formula is C8H9FN6O2. The van der Waals surface area contributed by atoms with Crippen LogP contribution in [-0.2, 0) is 9.59 Å². The lowest BCUT2D eigenvalue weighted by Crippen LogP contribution is -2.52. The fraction of sp³-hybridized carbons (Fsp3) is 0.250. The molecule has 0 aliphatic carbocycles. The van der Waals surface area contributed by atoms with Crippen molar-refractivity contribution < 1.29 is 14.0 Å². The molecule has 1 aromatic rings. The first kappa shape index (κ1) is 11.2. The number of nitrogen functional groups attached to an aromatic ring is 1. The summed E-state index contributed by atoms with van der Waals surface area (Å²) in [6, 6.07) is 0. The van der Waals surface area contributed by atoms with Crippen LogP contribution < -0.4 is 21.5 Å². The van der Waals surface area contributed by atoms with Crippen molar-refractivity contribution in [3.8, 4) is 0 Å². The van der Waals surface area contributed by atoms with Crippen molar-refractivity contribution >= 4 is 23.6 Å². The number of aromatic nitrogens is 2. The summed E-state index contributed by atoms with van der Waals surface area (Å²) in [7, 11) is 0. The van der Waals surface area contributed by atoms with Gasteiger partial charge in [0.2, 0.25) is 17.8 Å². The highest BCUT2D eigenvalue weighted by Crippen LogP contribution is 2.17. The van der Waals surface area contributed by atoms with E-state index in [2.05, 4.69) is 20.7 Å². The molecule has 17 heavy (non-hydrogen) atoms. The Morgan fingerprint density at radius 1 is 1.41 bits per heavy atom. The van der Waals surface area contributed by atoms with Gasteiger partial charge in [-0.15, -0.1) is 0 Å². The minimum Gasteiger partial charge on any atom is -0.335 e. The van der Waals surface area contributed by atoms with Crippen molar-refractivity contribution in [3.63, 3.8) is 0 Å². The molecule has 0 bridgehead atoms. The van der Waals surface area contributed by atoms with Gasteiger partial charge < -0.3 is 4.90 Å². The number of amides is 2. The zero-order chi connectivity index (χ0) is 12.4. The van der Waals surface area contributed by atoms with E-state index in [0.717, 1.165) is 6.20 Å². The maximum Gasteiger partial charge on any atom is 0.246 e. The molecule has 2 amide bonds. The lowest BCUT2D eigenvalue weighted by molar-refractivity contribution is -0.130. The van der Waals surface area contributed by atoms with E-state index in [-0.39, 0.29) is 24.9 Å². The Bertz CT molecular complexity index is 463.